The molecule has 0 aliphatic rings. The van der Waals surface area contributed by atoms with Gasteiger partial charge in [0.1, 0.15) is 0 Å². The number of benzene rings is 10. The third kappa shape index (κ3) is 5.91. The molecule has 1 heterocycles. The van der Waals surface area contributed by atoms with Gasteiger partial charge in [-0.05, 0) is 122 Å². The van der Waals surface area contributed by atoms with Crippen molar-refractivity contribution < 1.29 is 0 Å². The normalized spacial score (nSPS) is 11.4. The second-order valence-electron chi connectivity index (χ2n) is 15.0. The van der Waals surface area contributed by atoms with Gasteiger partial charge in [-0.1, -0.05) is 164 Å². The van der Waals surface area contributed by atoms with E-state index < -0.39 is 0 Å². The summed E-state index contributed by atoms with van der Waals surface area (Å²) in [6, 6.07) is 83.6. The van der Waals surface area contributed by atoms with Crippen LogP contribution in [0.2, 0.25) is 0 Å². The molecule has 272 valence electrons. The number of anilines is 3. The third-order valence-electron chi connectivity index (χ3n) is 11.5. The lowest BCUT2D eigenvalue weighted by Crippen LogP contribution is -2.10. The van der Waals surface area contributed by atoms with Gasteiger partial charge in [0.25, 0.3) is 0 Å². The van der Waals surface area contributed by atoms with Gasteiger partial charge < -0.3 is 9.47 Å². The van der Waals surface area contributed by atoms with Gasteiger partial charge >= 0.3 is 0 Å². The highest BCUT2D eigenvalue weighted by atomic mass is 15.1. The van der Waals surface area contributed by atoms with E-state index in [0.717, 1.165) is 22.7 Å². The highest BCUT2D eigenvalue weighted by molar-refractivity contribution is 6.21. The second-order valence-corrected chi connectivity index (χ2v) is 15.0. The maximum atomic E-state index is 2.40. The van der Waals surface area contributed by atoms with E-state index >= 15 is 0 Å². The van der Waals surface area contributed by atoms with Crippen LogP contribution in [0.4, 0.5) is 17.1 Å². The first-order chi connectivity index (χ1) is 28.7. The minimum Gasteiger partial charge on any atom is -0.310 e. The van der Waals surface area contributed by atoms with Crippen molar-refractivity contribution in [2.24, 2.45) is 0 Å². The zero-order valence-corrected chi connectivity index (χ0v) is 31.8. The molecule has 2 heteroatoms. The smallest absolute Gasteiger partial charge is 0.0547 e. The van der Waals surface area contributed by atoms with Crippen molar-refractivity contribution in [3.8, 4) is 39.1 Å². The minimum absolute atomic E-state index is 1.11. The third-order valence-corrected chi connectivity index (χ3v) is 11.5. The van der Waals surface area contributed by atoms with Crippen molar-refractivity contribution in [3.63, 3.8) is 0 Å². The van der Waals surface area contributed by atoms with Gasteiger partial charge in [-0.3, -0.25) is 0 Å². The molecule has 0 aliphatic carbocycles. The first-order valence-corrected chi connectivity index (χ1v) is 19.9. The second kappa shape index (κ2) is 14.1. The van der Waals surface area contributed by atoms with Crippen LogP contribution in [0.3, 0.4) is 0 Å². The summed E-state index contributed by atoms with van der Waals surface area (Å²) in [5.41, 5.74) is 14.1. The summed E-state index contributed by atoms with van der Waals surface area (Å²) < 4.78 is 2.40. The van der Waals surface area contributed by atoms with Crippen molar-refractivity contribution in [1.29, 1.82) is 0 Å². The molecule has 11 aromatic rings. The van der Waals surface area contributed by atoms with Crippen LogP contribution in [0.15, 0.2) is 231 Å². The Morgan fingerprint density at radius 3 is 1.59 bits per heavy atom. The molecule has 0 saturated heterocycles. The summed E-state index contributed by atoms with van der Waals surface area (Å²) in [7, 11) is 0. The Morgan fingerprint density at radius 2 is 0.793 bits per heavy atom. The van der Waals surface area contributed by atoms with Gasteiger partial charge in [0.15, 0.2) is 0 Å². The van der Waals surface area contributed by atoms with Crippen LogP contribution in [0, 0.1) is 0 Å². The maximum absolute atomic E-state index is 2.40. The minimum atomic E-state index is 1.11. The molecule has 11 rings (SSSR count). The number of para-hydroxylation sites is 1. The highest BCUT2D eigenvalue weighted by Gasteiger charge is 2.17. The standard InChI is InChI=1S/C56H38N2/c1-3-12-39(13-4-1)41-24-30-48(31-25-41)57(50-18-11-17-44(37-50)40-14-5-2-6-15-40)51-34-28-46-36-45(22-23-47(46)38-51)42-26-32-49(33-27-42)58-54-21-10-9-20-53(54)56-52-19-8-7-16-43(52)29-35-55(56)58/h1-38H. The Hall–Kier alpha value is -7.68. The summed E-state index contributed by atoms with van der Waals surface area (Å²) in [6.07, 6.45) is 0. The molecule has 58 heavy (non-hydrogen) atoms. The summed E-state index contributed by atoms with van der Waals surface area (Å²) in [4.78, 5) is 2.37. The van der Waals surface area contributed by atoms with Gasteiger partial charge in [0, 0.05) is 33.5 Å². The topological polar surface area (TPSA) is 8.17 Å². The Morgan fingerprint density at radius 1 is 0.276 bits per heavy atom. The molecule has 0 unspecified atom stereocenters. The van der Waals surface area contributed by atoms with Crippen LogP contribution in [0.5, 0.6) is 0 Å². The molecule has 2 nitrogen and oxygen atoms in total. The van der Waals surface area contributed by atoms with Crippen LogP contribution >= 0.6 is 0 Å². The van der Waals surface area contributed by atoms with Gasteiger partial charge in [-0.25, -0.2) is 0 Å². The molecule has 0 saturated carbocycles. The fourth-order valence-electron chi connectivity index (χ4n) is 8.71. The monoisotopic (exact) mass is 738 g/mol. The van der Waals surface area contributed by atoms with E-state index in [2.05, 4.69) is 240 Å². The summed E-state index contributed by atoms with van der Waals surface area (Å²) in [5.74, 6) is 0. The van der Waals surface area contributed by atoms with Crippen molar-refractivity contribution >= 4 is 60.4 Å². The molecular formula is C56H38N2. The Balaban J connectivity index is 0.955. The quantitative estimate of drug-likeness (QED) is 0.158. The van der Waals surface area contributed by atoms with E-state index in [1.54, 1.807) is 0 Å². The van der Waals surface area contributed by atoms with E-state index in [1.807, 2.05) is 0 Å². The van der Waals surface area contributed by atoms with Crippen LogP contribution < -0.4 is 4.90 Å². The van der Waals surface area contributed by atoms with E-state index in [-0.39, 0.29) is 0 Å². The van der Waals surface area contributed by atoms with E-state index in [9.17, 15) is 0 Å². The largest absolute Gasteiger partial charge is 0.310 e. The summed E-state index contributed by atoms with van der Waals surface area (Å²) in [6.45, 7) is 0. The predicted molar refractivity (Wildman–Crippen MR) is 247 cm³/mol. The van der Waals surface area contributed by atoms with Gasteiger partial charge in [0.2, 0.25) is 0 Å². The molecule has 0 fully saturated rings. The van der Waals surface area contributed by atoms with Crippen molar-refractivity contribution in [1.82, 2.24) is 4.57 Å². The van der Waals surface area contributed by atoms with Crippen molar-refractivity contribution in [2.45, 2.75) is 0 Å². The van der Waals surface area contributed by atoms with Crippen LogP contribution in [0.1, 0.15) is 0 Å². The molecule has 0 spiro atoms. The van der Waals surface area contributed by atoms with Crippen LogP contribution in [0.25, 0.3) is 82.4 Å². The molecule has 0 atom stereocenters. The first kappa shape index (κ1) is 33.6. The average molecular weight is 739 g/mol. The van der Waals surface area contributed by atoms with E-state index in [4.69, 9.17) is 0 Å². The fourth-order valence-corrected chi connectivity index (χ4v) is 8.71. The molecule has 0 amide bonds. The lowest BCUT2D eigenvalue weighted by atomic mass is 10.00. The Labute approximate surface area is 338 Å². The van der Waals surface area contributed by atoms with Gasteiger partial charge in [-0.15, -0.1) is 0 Å². The molecule has 0 bridgehead atoms. The summed E-state index contributed by atoms with van der Waals surface area (Å²) >= 11 is 0. The van der Waals surface area contributed by atoms with Crippen molar-refractivity contribution in [3.05, 3.63) is 231 Å². The van der Waals surface area contributed by atoms with E-state index in [1.165, 1.54) is 76.7 Å². The predicted octanol–water partition coefficient (Wildman–Crippen LogP) is 15.6. The van der Waals surface area contributed by atoms with Crippen molar-refractivity contribution in [2.75, 3.05) is 4.90 Å². The molecular weight excluding hydrogens is 701 g/mol. The lowest BCUT2D eigenvalue weighted by molar-refractivity contribution is 1.18. The van der Waals surface area contributed by atoms with E-state index in [0.29, 0.717) is 0 Å². The first-order valence-electron chi connectivity index (χ1n) is 19.9. The van der Waals surface area contributed by atoms with Crippen LogP contribution in [-0.4, -0.2) is 4.57 Å². The Kier molecular flexibility index (Phi) is 8.19. The average Bonchev–Trinajstić information content (AvgIpc) is 3.65. The SMILES string of the molecule is c1ccc(-c2ccc(N(c3cccc(-c4ccccc4)c3)c3ccc4cc(-c5ccc(-n6c7ccccc7c7c8ccccc8ccc76)cc5)ccc4c3)cc2)cc1. The number of aromatic nitrogens is 1. The maximum Gasteiger partial charge on any atom is 0.0547 e. The zero-order chi connectivity index (χ0) is 38.4. The number of hydrogen-bond acceptors (Lipinski definition) is 1. The fraction of sp³-hybridized carbons (Fsp3) is 0. The van der Waals surface area contributed by atoms with Gasteiger partial charge in [0.05, 0.1) is 11.0 Å². The van der Waals surface area contributed by atoms with Gasteiger partial charge in [-0.2, -0.15) is 0 Å². The molecule has 10 aromatic carbocycles. The molecule has 0 aliphatic heterocycles. The number of hydrogen-bond donors (Lipinski definition) is 0. The Bertz CT molecular complexity index is 3250. The number of rotatable bonds is 7. The molecule has 0 N–H and O–H groups in total. The highest BCUT2D eigenvalue weighted by Crippen LogP contribution is 2.40. The van der Waals surface area contributed by atoms with Crippen LogP contribution in [-0.2, 0) is 0 Å². The lowest BCUT2D eigenvalue weighted by Gasteiger charge is -2.26. The zero-order valence-electron chi connectivity index (χ0n) is 31.8. The molecule has 1 aromatic heterocycles. The number of fused-ring (bicyclic) bond motifs is 6. The molecule has 0 radical (unpaired) electrons. The summed E-state index contributed by atoms with van der Waals surface area (Å²) in [5, 5.41) is 7.53. The number of nitrogens with zero attached hydrogens (tertiary/aromatic N) is 2.